The molecule has 1 fully saturated rings. The Kier molecular flexibility index (Phi) is 8.38. The van der Waals surface area contributed by atoms with E-state index in [0.29, 0.717) is 24.4 Å². The van der Waals surface area contributed by atoms with Crippen LogP contribution in [0.15, 0.2) is 30.5 Å². The molecule has 38 heavy (non-hydrogen) atoms. The molecule has 10 heteroatoms. The number of hydrogen-bond acceptors (Lipinski definition) is 4. The van der Waals surface area contributed by atoms with E-state index in [0.717, 1.165) is 42.1 Å². The quantitative estimate of drug-likeness (QED) is 0.274. The predicted octanol–water partition coefficient (Wildman–Crippen LogP) is 3.96. The highest BCUT2D eigenvalue weighted by molar-refractivity contribution is 5.88. The van der Waals surface area contributed by atoms with Crippen molar-refractivity contribution in [2.24, 2.45) is 13.0 Å². The molecule has 5 N–H and O–H groups in total. The Morgan fingerprint density at radius 2 is 1.87 bits per heavy atom. The maximum Gasteiger partial charge on any atom is 0.356 e. The Morgan fingerprint density at radius 3 is 2.53 bits per heavy atom. The lowest BCUT2D eigenvalue weighted by atomic mass is 10.0. The summed E-state index contributed by atoms with van der Waals surface area (Å²) in [6.07, 6.45) is 6.95. The highest BCUT2D eigenvalue weighted by atomic mass is 16.4. The molecule has 3 amide bonds. The smallest absolute Gasteiger partial charge is 0.356 e. The number of imidazole rings is 1. The van der Waals surface area contributed by atoms with Gasteiger partial charge in [-0.15, -0.1) is 0 Å². The number of carbonyl (C=O) groups is 3. The molecule has 3 aromatic rings. The minimum atomic E-state index is -1.14. The van der Waals surface area contributed by atoms with Crippen molar-refractivity contribution in [3.05, 3.63) is 53.2 Å². The fraction of sp³-hybridized carbons (Fsp3) is 0.500. The third-order valence-corrected chi connectivity index (χ3v) is 7.17. The van der Waals surface area contributed by atoms with Crippen LogP contribution in [0.2, 0.25) is 0 Å². The monoisotopic (exact) mass is 522 g/mol. The van der Waals surface area contributed by atoms with Crippen LogP contribution in [0, 0.1) is 12.8 Å². The Morgan fingerprint density at radius 1 is 1.16 bits per heavy atom. The maximum atomic E-state index is 13.6. The summed E-state index contributed by atoms with van der Waals surface area (Å²) in [4.78, 5) is 45.4. The Balaban J connectivity index is 1.60. The van der Waals surface area contributed by atoms with Gasteiger partial charge in [0.25, 0.3) is 0 Å². The summed E-state index contributed by atoms with van der Waals surface area (Å²) in [6.45, 7) is 5.64. The van der Waals surface area contributed by atoms with Gasteiger partial charge in [-0.05, 0) is 43.7 Å². The second-order valence-corrected chi connectivity index (χ2v) is 10.7. The minimum Gasteiger partial charge on any atom is -0.476 e. The molecule has 4 rings (SSSR count). The van der Waals surface area contributed by atoms with Crippen molar-refractivity contribution in [3.8, 4) is 0 Å². The number of amides is 3. The van der Waals surface area contributed by atoms with Crippen molar-refractivity contribution in [2.75, 3.05) is 0 Å². The highest BCUT2D eigenvalue weighted by Crippen LogP contribution is 2.26. The fourth-order valence-electron chi connectivity index (χ4n) is 5.31. The Bertz CT molecular complexity index is 1300. The number of urea groups is 1. The zero-order valence-electron chi connectivity index (χ0n) is 22.5. The largest absolute Gasteiger partial charge is 0.476 e. The number of nitrogens with one attached hydrogen (secondary N) is 4. The summed E-state index contributed by atoms with van der Waals surface area (Å²) >= 11 is 0. The van der Waals surface area contributed by atoms with Crippen LogP contribution in [0.3, 0.4) is 0 Å². The molecule has 1 aromatic carbocycles. The van der Waals surface area contributed by atoms with Gasteiger partial charge in [0.05, 0.1) is 6.04 Å². The van der Waals surface area contributed by atoms with Gasteiger partial charge >= 0.3 is 12.0 Å². The van der Waals surface area contributed by atoms with Crippen molar-refractivity contribution < 1.29 is 19.5 Å². The number of nitrogens with zero attached hydrogens (tertiary/aromatic N) is 2. The lowest BCUT2D eigenvalue weighted by molar-refractivity contribution is -0.124. The third kappa shape index (κ3) is 6.35. The number of hydrogen-bond donors (Lipinski definition) is 5. The van der Waals surface area contributed by atoms with Gasteiger partial charge in [-0.3, -0.25) is 4.79 Å². The average molecular weight is 523 g/mol. The van der Waals surface area contributed by atoms with Gasteiger partial charge in [0.2, 0.25) is 5.91 Å². The molecule has 0 bridgehead atoms. The number of carboxylic acids is 1. The number of benzene rings is 1. The van der Waals surface area contributed by atoms with Crippen LogP contribution in [0.1, 0.15) is 79.6 Å². The topological polar surface area (TPSA) is 141 Å². The zero-order chi connectivity index (χ0) is 27.4. The number of aromatic carboxylic acids is 1. The molecular weight excluding hydrogens is 484 g/mol. The van der Waals surface area contributed by atoms with Crippen LogP contribution in [0.5, 0.6) is 0 Å². The molecule has 1 aliphatic carbocycles. The number of aromatic nitrogens is 3. The van der Waals surface area contributed by atoms with Crippen molar-refractivity contribution >= 4 is 28.8 Å². The number of carboxylic acid groups (broad SMARTS) is 1. The van der Waals surface area contributed by atoms with Crippen molar-refractivity contribution in [3.63, 3.8) is 0 Å². The molecule has 1 saturated carbocycles. The van der Waals surface area contributed by atoms with E-state index >= 15 is 0 Å². The summed E-state index contributed by atoms with van der Waals surface area (Å²) in [5, 5.41) is 19.5. The molecule has 10 nitrogen and oxygen atoms in total. The van der Waals surface area contributed by atoms with Crippen molar-refractivity contribution in [2.45, 2.75) is 77.4 Å². The molecule has 2 unspecified atom stereocenters. The highest BCUT2D eigenvalue weighted by Gasteiger charge is 2.29. The second kappa shape index (κ2) is 11.7. The molecule has 0 aliphatic heterocycles. The predicted molar refractivity (Wildman–Crippen MR) is 145 cm³/mol. The van der Waals surface area contributed by atoms with Crippen LogP contribution in [0.4, 0.5) is 4.79 Å². The minimum absolute atomic E-state index is 0.0787. The van der Waals surface area contributed by atoms with Gasteiger partial charge in [-0.2, -0.15) is 0 Å². The van der Waals surface area contributed by atoms with Crippen LogP contribution < -0.4 is 16.0 Å². The molecule has 2 atom stereocenters. The van der Waals surface area contributed by atoms with Gasteiger partial charge in [0.1, 0.15) is 11.9 Å². The zero-order valence-corrected chi connectivity index (χ0v) is 22.5. The second-order valence-electron chi connectivity index (χ2n) is 10.7. The average Bonchev–Trinajstić information content (AvgIpc) is 3.58. The van der Waals surface area contributed by atoms with E-state index in [1.165, 1.54) is 0 Å². The van der Waals surface area contributed by atoms with E-state index in [1.807, 2.05) is 55.9 Å². The lowest BCUT2D eigenvalue weighted by Crippen LogP contribution is -2.52. The summed E-state index contributed by atoms with van der Waals surface area (Å²) in [5.74, 6) is -0.946. The summed E-state index contributed by atoms with van der Waals surface area (Å²) < 4.78 is 2.02. The first-order valence-electron chi connectivity index (χ1n) is 13.3. The third-order valence-electron chi connectivity index (χ3n) is 7.17. The Labute approximate surface area is 222 Å². The number of fused-ring (bicyclic) bond motifs is 1. The van der Waals surface area contributed by atoms with Crippen molar-refractivity contribution in [1.29, 1.82) is 0 Å². The molecule has 0 radical (unpaired) electrons. The van der Waals surface area contributed by atoms with E-state index in [9.17, 15) is 19.5 Å². The molecule has 204 valence electrons. The number of carbonyl (C=O) groups excluding carboxylic acids is 2. The molecule has 2 heterocycles. The van der Waals surface area contributed by atoms with E-state index < -0.39 is 18.1 Å². The first kappa shape index (κ1) is 27.2. The van der Waals surface area contributed by atoms with Gasteiger partial charge in [-0.25, -0.2) is 14.6 Å². The van der Waals surface area contributed by atoms with Crippen molar-refractivity contribution in [1.82, 2.24) is 30.5 Å². The van der Waals surface area contributed by atoms with Crippen LogP contribution in [-0.4, -0.2) is 49.6 Å². The van der Waals surface area contributed by atoms with Crippen LogP contribution in [-0.2, 0) is 18.3 Å². The van der Waals surface area contributed by atoms with E-state index in [-0.39, 0.29) is 29.6 Å². The van der Waals surface area contributed by atoms with Gasteiger partial charge in [-0.1, -0.05) is 44.9 Å². The number of rotatable bonds is 10. The van der Waals surface area contributed by atoms with Crippen LogP contribution >= 0.6 is 0 Å². The summed E-state index contributed by atoms with van der Waals surface area (Å²) in [5.41, 5.74) is 2.38. The van der Waals surface area contributed by atoms with E-state index in [4.69, 9.17) is 0 Å². The molecule has 0 spiro atoms. The Hall–Kier alpha value is -3.82. The normalized spacial score (nSPS) is 15.5. The van der Waals surface area contributed by atoms with Gasteiger partial charge in [0, 0.05) is 42.3 Å². The molecule has 1 aliphatic rings. The van der Waals surface area contributed by atoms with Gasteiger partial charge < -0.3 is 30.6 Å². The number of para-hydroxylation sites is 1. The number of aromatic amines is 1. The fourth-order valence-corrected chi connectivity index (χ4v) is 5.31. The first-order chi connectivity index (χ1) is 18.1. The molecular formula is C28H38N6O4. The number of H-pyrrole nitrogens is 1. The molecule has 2 aromatic heterocycles. The SMILES string of the molecule is Cc1[nH]c(C(Cc2cn(C)c3ccccc23)NC(=O)C(CC(C)C)NC(=O)NC2CCCC2)nc1C(=O)O. The van der Waals surface area contributed by atoms with E-state index in [1.54, 1.807) is 6.92 Å². The standard InChI is InChI=1S/C28H38N6O4/c1-16(2)13-22(32-28(38)30-19-9-5-6-10-19)26(35)31-21(25-29-17(3)24(33-25)27(36)37)14-18-15-34(4)23-12-8-7-11-20(18)23/h7-8,11-12,15-16,19,21-22H,5-6,9-10,13-14H2,1-4H3,(H,29,33)(H,31,35)(H,36,37)(H2,30,32,38). The van der Waals surface area contributed by atoms with E-state index in [2.05, 4.69) is 25.9 Å². The lowest BCUT2D eigenvalue weighted by Gasteiger charge is -2.24. The van der Waals surface area contributed by atoms with Gasteiger partial charge in [0.15, 0.2) is 5.69 Å². The maximum absolute atomic E-state index is 13.6. The summed E-state index contributed by atoms with van der Waals surface area (Å²) in [6, 6.07) is 6.40. The first-order valence-corrected chi connectivity index (χ1v) is 13.3. The molecule has 0 saturated heterocycles. The number of aryl methyl sites for hydroxylation is 2. The summed E-state index contributed by atoms with van der Waals surface area (Å²) in [7, 11) is 1.96. The van der Waals surface area contributed by atoms with Crippen LogP contribution in [0.25, 0.3) is 10.9 Å².